The lowest BCUT2D eigenvalue weighted by Gasteiger charge is -2.32. The van der Waals surface area contributed by atoms with Crippen LogP contribution in [0.25, 0.3) is 32.6 Å². The average Bonchev–Trinajstić information content (AvgIpc) is 0.865. The van der Waals surface area contributed by atoms with Gasteiger partial charge in [0.2, 0.25) is 0 Å². The van der Waals surface area contributed by atoms with E-state index in [4.69, 9.17) is 9.47 Å². The number of likely N-dealkylation sites (tertiary alicyclic amines) is 1. The smallest absolute Gasteiger partial charge is 0.433 e. The Morgan fingerprint density at radius 3 is 1.85 bits per heavy atom. The summed E-state index contributed by atoms with van der Waals surface area (Å²) in [6.45, 7) is 6.57. The Balaban J connectivity index is 0.000000176. The molecule has 105 heavy (non-hydrogen) atoms. The predicted molar refractivity (Wildman–Crippen MR) is 384 cm³/mol. The third-order valence-electron chi connectivity index (χ3n) is 20.8. The third-order valence-corrected chi connectivity index (χ3v) is 20.8. The minimum absolute atomic E-state index is 0. The van der Waals surface area contributed by atoms with Crippen molar-refractivity contribution >= 4 is 44.1 Å². The lowest BCUT2D eigenvalue weighted by atomic mass is 9.81. The van der Waals surface area contributed by atoms with Crippen LogP contribution in [0.4, 0.5) is 52.7 Å². The van der Waals surface area contributed by atoms with Crippen LogP contribution in [0.1, 0.15) is 188 Å². The molecule has 3 N–H and O–H groups in total. The monoisotopic (exact) mass is 1470 g/mol. The van der Waals surface area contributed by atoms with Crippen LogP contribution in [0, 0.1) is 30.6 Å². The third kappa shape index (κ3) is 18.7. The maximum Gasteiger partial charge on any atom is 0.433 e. The Hall–Kier alpha value is -8.32. The first-order chi connectivity index (χ1) is 48.5. The van der Waals surface area contributed by atoms with E-state index in [1.165, 1.54) is 36.2 Å². The number of aromatic nitrogens is 4. The zero-order chi connectivity index (χ0) is 73.0. The number of aryl methyl sites for hydroxylation is 2. The number of nitrogens with zero attached hydrogens (tertiary/aromatic N) is 5. The van der Waals surface area contributed by atoms with Crippen molar-refractivity contribution in [3.63, 3.8) is 0 Å². The molecule has 2 aliphatic heterocycles. The molecule has 1 saturated carbocycles. The molecule has 6 aromatic carbocycles. The number of benzene rings is 6. The molecule has 9 aromatic rings. The van der Waals surface area contributed by atoms with E-state index in [1.54, 1.807) is 20.4 Å². The number of aliphatic hydroxyl groups is 2. The van der Waals surface area contributed by atoms with E-state index in [0.29, 0.717) is 61.4 Å². The number of Topliss-reactive ketones (excluding diaryl/α,β-unsaturated/α-hetero) is 2. The number of carbonyl (C=O) groups excluding carboxylic acids is 2. The normalized spacial score (nSPS) is 18.7. The predicted octanol–water partition coefficient (Wildman–Crippen LogP) is 20.3. The molecule has 24 heteroatoms. The Bertz CT molecular complexity index is 4280. The van der Waals surface area contributed by atoms with Crippen LogP contribution in [0.2, 0.25) is 0 Å². The van der Waals surface area contributed by atoms with Crippen LogP contribution in [0.5, 0.6) is 11.5 Å². The number of piperidine rings is 2. The van der Waals surface area contributed by atoms with Gasteiger partial charge in [-0.15, -0.1) is 0 Å². The van der Waals surface area contributed by atoms with E-state index in [1.807, 2.05) is 37.4 Å². The minimum atomic E-state index is -4.93. The molecule has 568 valence electrons. The van der Waals surface area contributed by atoms with Crippen molar-refractivity contribution in [2.24, 2.45) is 30.7 Å². The standard InChI is InChI=1S/C24H29NO3.C19H18F6O.C18H19N3O.C17H16F6N2O.3CH4/c1-27-22-14-19-13-20(24(26)21(19)15-23(22)28-2)12-17-8-10-25(11-9-17)16-18-6-4-3-5-7-18;20-18(21,22)12-9-14-13(7-4-8-16(14)19(23,24)25)15(10-12)17(26)11-5-2-1-3-6-11;1-12-19-9-10-21(12)11-13-7-8-16-17(18(13)22)14-5-3-4-6-15(14)20(16)2;18-16(19,20)11-5-3-4-9-10(15(26)12-6-1-2-7-24-12)8-13(17(21,22)23)25-14(9)11;;;/h3-7,14-15,17,20H,8-13,16H2,1-2H3;4,7-11,17,26H,1-3,5-6H2;3-6,9-10,13H,7-8,11H2,1-2H3;3-5,8,12,15,24,26H,1-2,6-7H2;3*1H4/t;17-;;12-,15-;;;/m.1.0.../s1. The minimum Gasteiger partial charge on any atom is -0.493 e. The second kappa shape index (κ2) is 34.5. The van der Waals surface area contributed by atoms with Crippen molar-refractivity contribution in [3.8, 4) is 11.5 Å². The van der Waals surface area contributed by atoms with E-state index in [2.05, 4.69) is 78.8 Å². The average molecular weight is 1480 g/mol. The second-order valence-corrected chi connectivity index (χ2v) is 27.3. The van der Waals surface area contributed by atoms with Gasteiger partial charge >= 0.3 is 24.7 Å². The number of hydrogen-bond donors (Lipinski definition) is 3. The topological polar surface area (TPSA) is 144 Å². The molecule has 3 fully saturated rings. The summed E-state index contributed by atoms with van der Waals surface area (Å²) < 4.78 is 174. The quantitative estimate of drug-likeness (QED) is 0.101. The number of carbonyl (C=O) groups is 2. The molecule has 0 bridgehead atoms. The molecular formula is C81H94F12N6O6. The van der Waals surface area contributed by atoms with Gasteiger partial charge in [0.1, 0.15) is 11.5 Å². The molecule has 12 nitrogen and oxygen atoms in total. The lowest BCUT2D eigenvalue weighted by molar-refractivity contribution is -0.142. The number of pyridine rings is 1. The van der Waals surface area contributed by atoms with E-state index in [9.17, 15) is 72.5 Å². The second-order valence-electron chi connectivity index (χ2n) is 27.3. The van der Waals surface area contributed by atoms with E-state index >= 15 is 0 Å². The molecule has 0 spiro atoms. The molecule has 0 radical (unpaired) electrons. The Kier molecular flexibility index (Phi) is 27.1. The summed E-state index contributed by atoms with van der Waals surface area (Å²) in [6.07, 6.45) is -5.97. The summed E-state index contributed by atoms with van der Waals surface area (Å²) in [6, 6.07) is 30.5. The van der Waals surface area contributed by atoms with Crippen LogP contribution >= 0.6 is 0 Å². The zero-order valence-electron chi connectivity index (χ0n) is 57.0. The van der Waals surface area contributed by atoms with Crippen LogP contribution in [-0.4, -0.2) is 85.7 Å². The molecule has 0 amide bonds. The molecule has 5 atom stereocenters. The summed E-state index contributed by atoms with van der Waals surface area (Å²) in [4.78, 5) is 36.0. The van der Waals surface area contributed by atoms with Crippen molar-refractivity contribution in [3.05, 3.63) is 201 Å². The zero-order valence-corrected chi connectivity index (χ0v) is 57.0. The molecule has 2 saturated heterocycles. The number of fused-ring (bicyclic) bond motifs is 6. The number of para-hydroxylation sites is 2. The van der Waals surface area contributed by atoms with Crippen LogP contribution in [0.3, 0.4) is 0 Å². The fourth-order valence-corrected chi connectivity index (χ4v) is 15.4. The first-order valence-electron chi connectivity index (χ1n) is 34.5. The first-order valence-corrected chi connectivity index (χ1v) is 34.5. The summed E-state index contributed by atoms with van der Waals surface area (Å²) in [5.41, 5.74) is 0.489. The summed E-state index contributed by atoms with van der Waals surface area (Å²) in [5, 5.41) is 24.7. The van der Waals surface area contributed by atoms with Crippen molar-refractivity contribution in [2.75, 3.05) is 33.9 Å². The first kappa shape index (κ1) is 82.3. The van der Waals surface area contributed by atoms with Crippen molar-refractivity contribution in [1.29, 1.82) is 0 Å². The van der Waals surface area contributed by atoms with Gasteiger partial charge in [-0.3, -0.25) is 14.5 Å². The van der Waals surface area contributed by atoms with Gasteiger partial charge in [-0.25, -0.2) is 9.97 Å². The van der Waals surface area contributed by atoms with E-state index in [0.717, 1.165) is 142 Å². The van der Waals surface area contributed by atoms with Crippen molar-refractivity contribution in [2.45, 2.75) is 175 Å². The van der Waals surface area contributed by atoms with Crippen molar-refractivity contribution < 1.29 is 82.0 Å². The fraction of sp³-hybridized carbons (Fsp3) is 0.457. The largest absolute Gasteiger partial charge is 0.493 e. The van der Waals surface area contributed by atoms with E-state index < -0.39 is 76.2 Å². The highest BCUT2D eigenvalue weighted by Crippen LogP contribution is 2.46. The highest BCUT2D eigenvalue weighted by atomic mass is 19.4. The lowest BCUT2D eigenvalue weighted by Crippen LogP contribution is -2.39. The SMILES string of the molecule is C.C.C.COc1cc2c(cc1OC)C(=O)C(CC1CCN(Cc3ccccc3)CC1)C2.Cc1nccn1CC1CCc2c(c3ccccc3n2C)C1=O.O[C@@H](c1cc(C(F)(F)F)cc2c(C(F)(F)F)cccc12)C1CCCCC1.O[C@@H](c1cc(C(F)(F)F)nc2c(C(F)(F)F)cccc12)[C@@H]1CCCCN1. The summed E-state index contributed by atoms with van der Waals surface area (Å²) in [5.74, 6) is 3.44. The molecule has 3 aromatic heterocycles. The van der Waals surface area contributed by atoms with Gasteiger partial charge in [-0.1, -0.05) is 121 Å². The summed E-state index contributed by atoms with van der Waals surface area (Å²) >= 11 is 0. The fourth-order valence-electron chi connectivity index (χ4n) is 15.4. The number of imidazole rings is 1. The van der Waals surface area contributed by atoms with Gasteiger partial charge in [-0.2, -0.15) is 52.7 Å². The maximum atomic E-state index is 13.3. The number of halogens is 12. The number of ketones is 2. The Morgan fingerprint density at radius 2 is 1.23 bits per heavy atom. The van der Waals surface area contributed by atoms with Gasteiger partial charge in [0.15, 0.2) is 23.1 Å². The number of ether oxygens (including phenoxy) is 2. The molecule has 3 aliphatic carbocycles. The molecule has 2 unspecified atom stereocenters. The number of rotatable bonds is 12. The number of alkyl halides is 12. The molecule has 5 heterocycles. The van der Waals surface area contributed by atoms with Crippen LogP contribution < -0.4 is 14.8 Å². The number of hydrogen-bond acceptors (Lipinski definition) is 10. The van der Waals surface area contributed by atoms with Crippen molar-refractivity contribution in [1.82, 2.24) is 29.3 Å². The number of aliphatic hydroxyl groups excluding tert-OH is 2. The molecule has 14 rings (SSSR count). The van der Waals surface area contributed by atoms with Gasteiger partial charge < -0.3 is 34.1 Å². The van der Waals surface area contributed by atoms with Gasteiger partial charge in [-0.05, 0) is 184 Å². The van der Waals surface area contributed by atoms with Crippen LogP contribution in [-0.2, 0) is 57.7 Å². The Labute approximate surface area is 605 Å². The highest BCUT2D eigenvalue weighted by molar-refractivity contribution is 6.11. The van der Waals surface area contributed by atoms with E-state index in [-0.39, 0.29) is 73.5 Å². The molecular weight excluding hydrogens is 1380 g/mol. The Morgan fingerprint density at radius 1 is 0.610 bits per heavy atom. The van der Waals surface area contributed by atoms with Gasteiger partial charge in [0, 0.05) is 83.5 Å². The van der Waals surface area contributed by atoms with Gasteiger partial charge in [0.25, 0.3) is 0 Å². The number of nitrogens with one attached hydrogen (secondary N) is 1. The van der Waals surface area contributed by atoms with Crippen LogP contribution in [0.15, 0.2) is 134 Å². The maximum absolute atomic E-state index is 13.3. The molecule has 5 aliphatic rings. The summed E-state index contributed by atoms with van der Waals surface area (Å²) in [7, 11) is 5.32. The van der Waals surface area contributed by atoms with Gasteiger partial charge in [0.05, 0.1) is 48.6 Å². The highest BCUT2D eigenvalue weighted by Gasteiger charge is 2.42. The number of methoxy groups -OCH3 is 2.